The number of hydrogen-bond donors (Lipinski definition) is 1. The van der Waals surface area contributed by atoms with Gasteiger partial charge in [-0.25, -0.2) is 8.78 Å². The molecule has 8 heteroatoms. The molecule has 0 saturated carbocycles. The fourth-order valence-corrected chi connectivity index (χ4v) is 5.65. The van der Waals surface area contributed by atoms with Gasteiger partial charge in [0.05, 0.1) is 18.1 Å². The van der Waals surface area contributed by atoms with Gasteiger partial charge in [-0.3, -0.25) is 9.69 Å². The summed E-state index contributed by atoms with van der Waals surface area (Å²) < 4.78 is 33.9. The molecule has 2 atom stereocenters. The topological polar surface area (TPSA) is 41.6 Å². The van der Waals surface area contributed by atoms with Crippen molar-refractivity contribution in [2.24, 2.45) is 5.92 Å². The number of rotatable bonds is 8. The zero-order valence-corrected chi connectivity index (χ0v) is 21.7. The van der Waals surface area contributed by atoms with Gasteiger partial charge in [0.25, 0.3) is 0 Å². The van der Waals surface area contributed by atoms with E-state index in [4.69, 9.17) is 27.9 Å². The lowest BCUT2D eigenvalue weighted by Crippen LogP contribution is -2.54. The first kappa shape index (κ1) is 26.1. The molecule has 3 aromatic rings. The molecular weight excluding hydrogens is 517 g/mol. The van der Waals surface area contributed by atoms with Crippen LogP contribution in [0.25, 0.3) is 0 Å². The number of nitrogens with one attached hydrogen (secondary N) is 1. The van der Waals surface area contributed by atoms with Crippen LogP contribution >= 0.6 is 23.2 Å². The van der Waals surface area contributed by atoms with Crippen LogP contribution in [-0.2, 0) is 9.53 Å². The molecule has 37 heavy (non-hydrogen) atoms. The normalized spacial score (nSPS) is 19.1. The van der Waals surface area contributed by atoms with Gasteiger partial charge in [0.2, 0.25) is 5.91 Å². The molecule has 3 aromatic carbocycles. The highest BCUT2D eigenvalue weighted by Gasteiger charge is 2.42. The third-order valence-corrected chi connectivity index (χ3v) is 7.70. The summed E-state index contributed by atoms with van der Waals surface area (Å²) in [5.41, 5.74) is 2.46. The summed E-state index contributed by atoms with van der Waals surface area (Å²) in [6, 6.07) is 18.6. The van der Waals surface area contributed by atoms with Crippen LogP contribution in [0.4, 0.5) is 8.78 Å². The summed E-state index contributed by atoms with van der Waals surface area (Å²) in [4.78, 5) is 15.6. The van der Waals surface area contributed by atoms with E-state index in [-0.39, 0.29) is 24.0 Å². The molecule has 5 rings (SSSR count). The van der Waals surface area contributed by atoms with Crippen molar-refractivity contribution in [2.75, 3.05) is 26.2 Å². The first-order chi connectivity index (χ1) is 17.9. The summed E-state index contributed by atoms with van der Waals surface area (Å²) in [6.45, 7) is 2.23. The number of nitrogens with zero attached hydrogens (tertiary/aromatic N) is 1. The molecule has 2 aliphatic rings. The van der Waals surface area contributed by atoms with Crippen LogP contribution in [0.5, 0.6) is 0 Å². The Labute approximate surface area is 225 Å². The minimum absolute atomic E-state index is 0.0223. The number of likely N-dealkylation sites (tertiary alicyclic amines) is 1. The standard InChI is InChI=1S/C29H28Cl2F2N2O2/c30-22-7-3-18(4-8-22)28(19-5-9-23(31)10-6-19)35-16-21(17-35)27(20-12-24(32)14-25(33)13-20)29(36)34-15-26-2-1-11-37-26/h3-10,12-14,21,26-28H,1-2,11,15-17H2,(H,34,36). The van der Waals surface area contributed by atoms with E-state index >= 15 is 0 Å². The molecule has 0 radical (unpaired) electrons. The van der Waals surface area contributed by atoms with Crippen LogP contribution in [0.3, 0.4) is 0 Å². The molecule has 1 amide bonds. The van der Waals surface area contributed by atoms with E-state index in [9.17, 15) is 13.6 Å². The number of amides is 1. The van der Waals surface area contributed by atoms with Crippen LogP contribution in [0.15, 0.2) is 66.7 Å². The summed E-state index contributed by atoms with van der Waals surface area (Å²) in [5.74, 6) is -2.42. The van der Waals surface area contributed by atoms with E-state index in [1.165, 1.54) is 12.1 Å². The van der Waals surface area contributed by atoms with Gasteiger partial charge in [-0.15, -0.1) is 0 Å². The molecule has 2 aliphatic heterocycles. The molecule has 0 spiro atoms. The molecule has 2 heterocycles. The number of carbonyl (C=O) groups is 1. The highest BCUT2D eigenvalue weighted by molar-refractivity contribution is 6.30. The lowest BCUT2D eigenvalue weighted by Gasteiger charge is -2.47. The van der Waals surface area contributed by atoms with Crippen molar-refractivity contribution in [1.82, 2.24) is 10.2 Å². The second kappa shape index (κ2) is 11.5. The number of ether oxygens (including phenoxy) is 1. The average molecular weight is 545 g/mol. The molecular formula is C29H28Cl2F2N2O2. The van der Waals surface area contributed by atoms with Gasteiger partial charge in [0.1, 0.15) is 11.6 Å². The second-order valence-corrected chi connectivity index (χ2v) is 10.7. The largest absolute Gasteiger partial charge is 0.376 e. The Morgan fingerprint density at radius 1 is 0.919 bits per heavy atom. The summed E-state index contributed by atoms with van der Waals surface area (Å²) in [5, 5.41) is 4.27. The van der Waals surface area contributed by atoms with Crippen molar-refractivity contribution in [3.05, 3.63) is 105 Å². The van der Waals surface area contributed by atoms with E-state index in [0.717, 1.165) is 30.0 Å². The molecule has 2 fully saturated rings. The van der Waals surface area contributed by atoms with E-state index in [2.05, 4.69) is 10.2 Å². The molecule has 2 saturated heterocycles. The molecule has 0 aromatic heterocycles. The first-order valence-electron chi connectivity index (χ1n) is 12.5. The molecule has 1 N–H and O–H groups in total. The van der Waals surface area contributed by atoms with Crippen molar-refractivity contribution in [2.45, 2.75) is 30.9 Å². The quantitative estimate of drug-likeness (QED) is 0.358. The highest BCUT2D eigenvalue weighted by Crippen LogP contribution is 2.40. The first-order valence-corrected chi connectivity index (χ1v) is 13.2. The van der Waals surface area contributed by atoms with Crippen LogP contribution in [0.2, 0.25) is 10.0 Å². The summed E-state index contributed by atoms with van der Waals surface area (Å²) in [6.07, 6.45) is 1.83. The van der Waals surface area contributed by atoms with Gasteiger partial charge in [-0.1, -0.05) is 47.5 Å². The fraction of sp³-hybridized carbons (Fsp3) is 0.345. The minimum atomic E-state index is -0.691. The van der Waals surface area contributed by atoms with E-state index in [0.29, 0.717) is 41.8 Å². The van der Waals surface area contributed by atoms with Crippen LogP contribution in [-0.4, -0.2) is 43.2 Å². The van der Waals surface area contributed by atoms with Crippen molar-refractivity contribution in [1.29, 1.82) is 0 Å². The van der Waals surface area contributed by atoms with E-state index < -0.39 is 17.6 Å². The Balaban J connectivity index is 1.39. The van der Waals surface area contributed by atoms with Gasteiger partial charge < -0.3 is 10.1 Å². The second-order valence-electron chi connectivity index (χ2n) is 9.78. The molecule has 0 aliphatic carbocycles. The minimum Gasteiger partial charge on any atom is -0.376 e. The van der Waals surface area contributed by atoms with Gasteiger partial charge in [0.15, 0.2) is 0 Å². The zero-order valence-electron chi connectivity index (χ0n) is 20.2. The SMILES string of the molecule is O=C(NCC1CCCO1)C(c1cc(F)cc(F)c1)C1CN(C(c2ccc(Cl)cc2)c2ccc(Cl)cc2)C1. The van der Waals surface area contributed by atoms with Gasteiger partial charge >= 0.3 is 0 Å². The average Bonchev–Trinajstić information content (AvgIpc) is 3.36. The maximum Gasteiger partial charge on any atom is 0.228 e. The summed E-state index contributed by atoms with van der Waals surface area (Å²) in [7, 11) is 0. The Bertz CT molecular complexity index is 1160. The lowest BCUT2D eigenvalue weighted by molar-refractivity contribution is -0.126. The monoisotopic (exact) mass is 544 g/mol. The summed E-state index contributed by atoms with van der Waals surface area (Å²) >= 11 is 12.3. The molecule has 0 bridgehead atoms. The Morgan fingerprint density at radius 3 is 2.00 bits per heavy atom. The van der Waals surface area contributed by atoms with Crippen molar-refractivity contribution in [3.8, 4) is 0 Å². The van der Waals surface area contributed by atoms with Crippen LogP contribution < -0.4 is 5.32 Å². The third-order valence-electron chi connectivity index (χ3n) is 7.20. The van der Waals surface area contributed by atoms with Crippen LogP contribution in [0, 0.1) is 17.6 Å². The smallest absolute Gasteiger partial charge is 0.228 e. The van der Waals surface area contributed by atoms with Gasteiger partial charge in [-0.05, 0) is 65.9 Å². The van der Waals surface area contributed by atoms with Gasteiger partial charge in [-0.2, -0.15) is 0 Å². The van der Waals surface area contributed by atoms with Crippen molar-refractivity contribution >= 4 is 29.1 Å². The number of benzene rings is 3. The fourth-order valence-electron chi connectivity index (χ4n) is 5.40. The van der Waals surface area contributed by atoms with Gasteiger partial charge in [0, 0.05) is 48.3 Å². The van der Waals surface area contributed by atoms with Crippen LogP contribution in [0.1, 0.15) is 41.5 Å². The lowest BCUT2D eigenvalue weighted by atomic mass is 9.78. The third kappa shape index (κ3) is 6.15. The molecule has 194 valence electrons. The van der Waals surface area contributed by atoms with Crippen molar-refractivity contribution < 1.29 is 18.3 Å². The Kier molecular flexibility index (Phi) is 8.10. The predicted octanol–water partition coefficient (Wildman–Crippen LogP) is 6.37. The number of hydrogen-bond acceptors (Lipinski definition) is 3. The number of halogens is 4. The van der Waals surface area contributed by atoms with E-state index in [1.54, 1.807) is 0 Å². The Morgan fingerprint density at radius 2 is 1.49 bits per heavy atom. The molecule has 4 nitrogen and oxygen atoms in total. The predicted molar refractivity (Wildman–Crippen MR) is 141 cm³/mol. The van der Waals surface area contributed by atoms with E-state index in [1.807, 2.05) is 48.5 Å². The highest BCUT2D eigenvalue weighted by atomic mass is 35.5. The number of carbonyl (C=O) groups excluding carboxylic acids is 1. The Hall–Kier alpha value is -2.51. The molecule has 2 unspecified atom stereocenters. The van der Waals surface area contributed by atoms with Crippen molar-refractivity contribution in [3.63, 3.8) is 0 Å². The maximum atomic E-state index is 14.2. The maximum absolute atomic E-state index is 14.2. The zero-order chi connectivity index (χ0) is 25.9.